The molecule has 0 aromatic carbocycles. The number of rotatable bonds is 5. The van der Waals surface area contributed by atoms with Crippen LogP contribution in [0.5, 0.6) is 0 Å². The van der Waals surface area contributed by atoms with Crippen LogP contribution in [0.4, 0.5) is 4.79 Å². The van der Waals surface area contributed by atoms with Crippen molar-refractivity contribution in [3.8, 4) is 0 Å². The van der Waals surface area contributed by atoms with E-state index >= 15 is 0 Å². The summed E-state index contributed by atoms with van der Waals surface area (Å²) in [6.45, 7) is 10.2. The number of nitrogens with one attached hydrogen (secondary N) is 1. The maximum Gasteiger partial charge on any atom is 0.408 e. The number of amides is 1. The highest BCUT2D eigenvalue weighted by atomic mass is 16.6. The third-order valence-electron chi connectivity index (χ3n) is 3.33. The van der Waals surface area contributed by atoms with Crippen molar-refractivity contribution in [1.82, 2.24) is 5.32 Å². The molecule has 0 aromatic heterocycles. The maximum atomic E-state index is 12.2. The monoisotopic (exact) mass is 345 g/mol. The summed E-state index contributed by atoms with van der Waals surface area (Å²) in [4.78, 5) is 24.0. The van der Waals surface area contributed by atoms with Gasteiger partial charge in [-0.25, -0.2) is 9.59 Å². The molecule has 0 radical (unpaired) electrons. The number of carbonyl (C=O) groups excluding carboxylic acids is 2. The number of unbranched alkanes of at least 4 members (excludes halogenated alkanes) is 1. The molecule has 1 fully saturated rings. The molecule has 24 heavy (non-hydrogen) atoms. The average Bonchev–Trinajstić information content (AvgIpc) is 2.48. The highest BCUT2D eigenvalue weighted by Crippen LogP contribution is 2.13. The Morgan fingerprint density at radius 2 is 2.04 bits per heavy atom. The van der Waals surface area contributed by atoms with E-state index in [9.17, 15) is 9.59 Å². The van der Waals surface area contributed by atoms with E-state index in [1.165, 1.54) is 0 Å². The zero-order chi connectivity index (χ0) is 18.2. The summed E-state index contributed by atoms with van der Waals surface area (Å²) in [6, 6.07) is -0.892. The molecule has 1 aliphatic rings. The lowest BCUT2D eigenvalue weighted by Gasteiger charge is -2.23. The van der Waals surface area contributed by atoms with Crippen LogP contribution in [-0.2, 0) is 23.7 Å². The van der Waals surface area contributed by atoms with Gasteiger partial charge in [-0.15, -0.1) is 0 Å². The normalized spacial score (nSPS) is 25.9. The number of ether oxygens (including phenoxy) is 4. The second kappa shape index (κ2) is 9.84. The lowest BCUT2D eigenvalue weighted by Crippen LogP contribution is -2.47. The van der Waals surface area contributed by atoms with Gasteiger partial charge in [0, 0.05) is 13.0 Å². The molecule has 1 saturated heterocycles. The Balaban J connectivity index is 2.58. The first-order chi connectivity index (χ1) is 11.2. The molecule has 0 aromatic rings. The number of alkyl carbamates (subject to hydrolysis) is 1. The quantitative estimate of drug-likeness (QED) is 0.608. The Morgan fingerprint density at radius 3 is 2.67 bits per heavy atom. The minimum Gasteiger partial charge on any atom is -0.461 e. The predicted molar refractivity (Wildman–Crippen MR) is 88.8 cm³/mol. The van der Waals surface area contributed by atoms with E-state index in [4.69, 9.17) is 18.9 Å². The van der Waals surface area contributed by atoms with Crippen molar-refractivity contribution in [2.75, 3.05) is 19.8 Å². The minimum absolute atomic E-state index is 0.0262. The van der Waals surface area contributed by atoms with Crippen molar-refractivity contribution in [2.24, 2.45) is 0 Å². The van der Waals surface area contributed by atoms with E-state index in [0.717, 1.165) is 12.8 Å². The van der Waals surface area contributed by atoms with Gasteiger partial charge in [-0.1, -0.05) is 13.3 Å². The number of hydrogen-bond donors (Lipinski definition) is 1. The summed E-state index contributed by atoms with van der Waals surface area (Å²) < 4.78 is 21.9. The van der Waals surface area contributed by atoms with Crippen molar-refractivity contribution in [2.45, 2.75) is 77.7 Å². The highest BCUT2D eigenvalue weighted by molar-refractivity contribution is 5.81. The van der Waals surface area contributed by atoms with Crippen LogP contribution in [0, 0.1) is 0 Å². The van der Waals surface area contributed by atoms with Crippen molar-refractivity contribution < 1.29 is 28.5 Å². The molecule has 140 valence electrons. The average molecular weight is 345 g/mol. The smallest absolute Gasteiger partial charge is 0.408 e. The molecule has 1 amide bonds. The molecule has 1 aliphatic heterocycles. The van der Waals surface area contributed by atoms with Crippen molar-refractivity contribution >= 4 is 12.1 Å². The van der Waals surface area contributed by atoms with Gasteiger partial charge >= 0.3 is 12.1 Å². The summed E-state index contributed by atoms with van der Waals surface area (Å²) in [5, 5.41) is 2.51. The van der Waals surface area contributed by atoms with Crippen molar-refractivity contribution in [3.05, 3.63) is 0 Å². The molecule has 0 aliphatic carbocycles. The second-order valence-electron chi connectivity index (χ2n) is 7.07. The number of carbonyl (C=O) groups is 2. The fraction of sp³-hybridized carbons (Fsp3) is 0.882. The molecule has 7 heteroatoms. The van der Waals surface area contributed by atoms with E-state index in [-0.39, 0.29) is 18.8 Å². The minimum atomic E-state index is -0.892. The molecule has 0 spiro atoms. The van der Waals surface area contributed by atoms with Gasteiger partial charge in [0.2, 0.25) is 0 Å². The Morgan fingerprint density at radius 1 is 1.33 bits per heavy atom. The Kier molecular flexibility index (Phi) is 8.48. The predicted octanol–water partition coefficient (Wildman–Crippen LogP) is 2.42. The molecule has 0 saturated carbocycles. The van der Waals surface area contributed by atoms with Crippen LogP contribution in [0.15, 0.2) is 0 Å². The van der Waals surface area contributed by atoms with Crippen LogP contribution in [-0.4, -0.2) is 55.7 Å². The van der Waals surface area contributed by atoms with Crippen molar-refractivity contribution in [3.63, 3.8) is 0 Å². The molecule has 0 unspecified atom stereocenters. The largest absolute Gasteiger partial charge is 0.461 e. The molecular weight excluding hydrogens is 314 g/mol. The third kappa shape index (κ3) is 8.49. The number of cyclic esters (lactones) is 1. The summed E-state index contributed by atoms with van der Waals surface area (Å²) in [5.41, 5.74) is -0.640. The van der Waals surface area contributed by atoms with E-state index in [1.807, 2.05) is 6.92 Å². The van der Waals surface area contributed by atoms with Gasteiger partial charge < -0.3 is 24.3 Å². The van der Waals surface area contributed by atoms with E-state index in [2.05, 4.69) is 12.2 Å². The first-order valence-electron chi connectivity index (χ1n) is 8.60. The molecule has 3 atom stereocenters. The highest BCUT2D eigenvalue weighted by Gasteiger charge is 2.29. The van der Waals surface area contributed by atoms with Gasteiger partial charge in [0.1, 0.15) is 11.7 Å². The molecule has 1 rings (SSSR count). The third-order valence-corrected chi connectivity index (χ3v) is 3.33. The van der Waals surface area contributed by atoms with Gasteiger partial charge in [0.05, 0.1) is 19.3 Å². The Hall–Kier alpha value is -1.34. The lowest BCUT2D eigenvalue weighted by atomic mass is 10.2. The number of esters is 1. The van der Waals surface area contributed by atoms with Crippen LogP contribution < -0.4 is 5.32 Å². The summed E-state index contributed by atoms with van der Waals surface area (Å²) in [7, 11) is 0. The Labute approximate surface area is 144 Å². The van der Waals surface area contributed by atoms with E-state index in [0.29, 0.717) is 19.6 Å². The summed E-state index contributed by atoms with van der Waals surface area (Å²) in [6.07, 6.45) is 1.49. The molecular formula is C17H31NO6. The van der Waals surface area contributed by atoms with Gasteiger partial charge in [0.25, 0.3) is 0 Å². The maximum absolute atomic E-state index is 12.2. The molecule has 1 N–H and O–H groups in total. The fourth-order valence-electron chi connectivity index (χ4n) is 2.21. The fourth-order valence-corrected chi connectivity index (χ4v) is 2.21. The zero-order valence-electron chi connectivity index (χ0n) is 15.4. The second-order valence-corrected chi connectivity index (χ2v) is 7.07. The van der Waals surface area contributed by atoms with E-state index < -0.39 is 23.7 Å². The van der Waals surface area contributed by atoms with Gasteiger partial charge in [0.15, 0.2) is 6.04 Å². The topological polar surface area (TPSA) is 83.1 Å². The summed E-state index contributed by atoms with van der Waals surface area (Å²) in [5.74, 6) is -0.525. The zero-order valence-corrected chi connectivity index (χ0v) is 15.4. The first kappa shape index (κ1) is 20.7. The van der Waals surface area contributed by atoms with Crippen LogP contribution in [0.3, 0.4) is 0 Å². The van der Waals surface area contributed by atoms with Gasteiger partial charge in [-0.2, -0.15) is 0 Å². The van der Waals surface area contributed by atoms with Crippen LogP contribution in [0.25, 0.3) is 0 Å². The van der Waals surface area contributed by atoms with Gasteiger partial charge in [-0.3, -0.25) is 0 Å². The standard InChI is InChI=1S/C17H31NO6/c1-6-7-8-22-13-9-12(2)23-15(19)14(11-21-10-13)18-16(20)24-17(3,4)5/h12-14H,6-11H2,1-5H3,(H,18,20)/t12-,13+,14-/m0/s1. The molecule has 1 heterocycles. The Bertz CT molecular complexity index is 406. The van der Waals surface area contributed by atoms with Crippen LogP contribution >= 0.6 is 0 Å². The molecule has 0 bridgehead atoms. The van der Waals surface area contributed by atoms with Gasteiger partial charge in [-0.05, 0) is 34.1 Å². The van der Waals surface area contributed by atoms with Crippen molar-refractivity contribution in [1.29, 1.82) is 0 Å². The molecule has 7 nitrogen and oxygen atoms in total. The number of hydrogen-bond acceptors (Lipinski definition) is 6. The van der Waals surface area contributed by atoms with Crippen LogP contribution in [0.2, 0.25) is 0 Å². The van der Waals surface area contributed by atoms with Crippen LogP contribution in [0.1, 0.15) is 53.9 Å². The summed E-state index contributed by atoms with van der Waals surface area (Å²) >= 11 is 0. The lowest BCUT2D eigenvalue weighted by molar-refractivity contribution is -0.152. The first-order valence-corrected chi connectivity index (χ1v) is 8.60. The van der Waals surface area contributed by atoms with E-state index in [1.54, 1.807) is 20.8 Å². The SMILES string of the molecule is CCCCO[C@H]1COC[C@H](NC(=O)OC(C)(C)C)C(=O)O[C@@H](C)C1.